The van der Waals surface area contributed by atoms with Gasteiger partial charge < -0.3 is 20.7 Å². The van der Waals surface area contributed by atoms with Crippen molar-refractivity contribution in [1.29, 1.82) is 0 Å². The zero-order chi connectivity index (χ0) is 25.8. The summed E-state index contributed by atoms with van der Waals surface area (Å²) in [5, 5.41) is 13.3. The maximum absolute atomic E-state index is 15.0. The molecule has 2 aromatic rings. The Labute approximate surface area is 214 Å². The maximum atomic E-state index is 15.0. The van der Waals surface area contributed by atoms with Gasteiger partial charge in [0.2, 0.25) is 5.91 Å². The van der Waals surface area contributed by atoms with Crippen LogP contribution in [0.4, 0.5) is 30.7 Å². The molecule has 1 aromatic heterocycles. The van der Waals surface area contributed by atoms with Gasteiger partial charge in [-0.1, -0.05) is 12.2 Å². The van der Waals surface area contributed by atoms with E-state index in [1.165, 1.54) is 11.0 Å². The number of nitrogens with two attached hydrogens (primary N) is 1. The van der Waals surface area contributed by atoms with Crippen molar-refractivity contribution in [1.82, 2.24) is 9.88 Å². The largest absolute Gasteiger partial charge is 0.444 e. The second kappa shape index (κ2) is 11.1. The number of carbonyl (C=O) groups is 2. The number of hydrogen-bond donors (Lipinski definition) is 2. The quantitative estimate of drug-likeness (QED) is 0.277. The zero-order valence-corrected chi connectivity index (χ0v) is 20.7. The molecule has 15 heteroatoms. The van der Waals surface area contributed by atoms with Crippen LogP contribution in [-0.2, 0) is 9.53 Å². The van der Waals surface area contributed by atoms with Crippen LogP contribution in [0, 0.1) is 15.9 Å². The van der Waals surface area contributed by atoms with E-state index >= 15 is 0 Å². The Kier molecular flexibility index (Phi) is 7.91. The van der Waals surface area contributed by atoms with Crippen molar-refractivity contribution >= 4 is 62.1 Å². The Bertz CT molecular complexity index is 1170. The van der Waals surface area contributed by atoms with Crippen molar-refractivity contribution < 1.29 is 23.6 Å². The lowest BCUT2D eigenvalue weighted by Gasteiger charge is -2.36. The predicted molar refractivity (Wildman–Crippen MR) is 136 cm³/mol. The first-order chi connectivity index (χ1) is 17.2. The summed E-state index contributed by atoms with van der Waals surface area (Å²) in [6.07, 6.45) is 1.20. The molecule has 192 valence electrons. The molecule has 12 nitrogen and oxygen atoms in total. The third-order valence-corrected chi connectivity index (χ3v) is 6.90. The van der Waals surface area contributed by atoms with Gasteiger partial charge >= 0.3 is 11.1 Å². The van der Waals surface area contributed by atoms with E-state index in [1.807, 2.05) is 9.80 Å². The number of nitrogens with one attached hydrogen (secondary N) is 1. The number of carbonyl (C=O) groups excluding carboxylic acids is 2. The van der Waals surface area contributed by atoms with E-state index in [4.69, 9.17) is 22.7 Å². The van der Waals surface area contributed by atoms with E-state index in [0.717, 1.165) is 17.5 Å². The fourth-order valence-corrected chi connectivity index (χ4v) is 4.79. The van der Waals surface area contributed by atoms with Gasteiger partial charge in [0.05, 0.1) is 34.4 Å². The summed E-state index contributed by atoms with van der Waals surface area (Å²) in [5.74, 6) is -0.782. The number of thiocarbonyl (C=S) groups is 1. The number of nitrogens with zero attached hydrogens (tertiary/aromatic N) is 5. The minimum absolute atomic E-state index is 0.0930. The third kappa shape index (κ3) is 6.22. The Balaban J connectivity index is 1.28. The molecule has 0 radical (unpaired) electrons. The number of thiazole rings is 1. The highest BCUT2D eigenvalue weighted by Crippen LogP contribution is 2.29. The number of amides is 2. The molecule has 0 bridgehead atoms. The summed E-state index contributed by atoms with van der Waals surface area (Å²) in [6.45, 7) is 2.44. The summed E-state index contributed by atoms with van der Waals surface area (Å²) >= 11 is 5.65. The van der Waals surface area contributed by atoms with Gasteiger partial charge in [-0.3, -0.25) is 24.7 Å². The monoisotopic (exact) mass is 537 g/mol. The van der Waals surface area contributed by atoms with Crippen molar-refractivity contribution in [2.45, 2.75) is 18.9 Å². The Morgan fingerprint density at radius 2 is 2.11 bits per heavy atom. The van der Waals surface area contributed by atoms with Crippen molar-refractivity contribution in [2.24, 2.45) is 5.73 Å². The van der Waals surface area contributed by atoms with Gasteiger partial charge in [0, 0.05) is 32.6 Å². The maximum Gasteiger partial charge on any atom is 0.414 e. The van der Waals surface area contributed by atoms with Crippen molar-refractivity contribution in [2.75, 3.05) is 54.4 Å². The first kappa shape index (κ1) is 25.7. The van der Waals surface area contributed by atoms with Crippen molar-refractivity contribution in [3.8, 4) is 0 Å². The summed E-state index contributed by atoms with van der Waals surface area (Å²) in [7, 11) is 0. The number of aromatic nitrogens is 1. The fourth-order valence-electron chi connectivity index (χ4n) is 4.02. The number of benzene rings is 1. The van der Waals surface area contributed by atoms with E-state index in [0.29, 0.717) is 61.9 Å². The van der Waals surface area contributed by atoms with Crippen molar-refractivity contribution in [3.05, 3.63) is 40.3 Å². The van der Waals surface area contributed by atoms with Crippen LogP contribution >= 0.6 is 23.6 Å². The molecule has 2 saturated heterocycles. The molecule has 0 saturated carbocycles. The van der Waals surface area contributed by atoms with Crippen LogP contribution in [0.25, 0.3) is 0 Å². The van der Waals surface area contributed by atoms with E-state index in [2.05, 4.69) is 10.3 Å². The molecule has 3 heterocycles. The van der Waals surface area contributed by atoms with Gasteiger partial charge in [0.15, 0.2) is 5.13 Å². The van der Waals surface area contributed by atoms with Crippen LogP contribution in [0.15, 0.2) is 24.4 Å². The molecule has 2 amide bonds. The number of piperazine rings is 1. The Hall–Kier alpha value is -3.43. The van der Waals surface area contributed by atoms with E-state index in [9.17, 15) is 24.1 Å². The molecule has 1 aromatic carbocycles. The van der Waals surface area contributed by atoms with Crippen LogP contribution in [0.5, 0.6) is 0 Å². The molecule has 36 heavy (non-hydrogen) atoms. The minimum Gasteiger partial charge on any atom is -0.444 e. The van der Waals surface area contributed by atoms with E-state index in [-0.39, 0.29) is 28.7 Å². The van der Waals surface area contributed by atoms with Gasteiger partial charge in [-0.15, -0.1) is 0 Å². The van der Waals surface area contributed by atoms with Gasteiger partial charge in [-0.2, -0.15) is 0 Å². The Morgan fingerprint density at radius 3 is 2.75 bits per heavy atom. The van der Waals surface area contributed by atoms with Crippen LogP contribution in [0.3, 0.4) is 0 Å². The number of ether oxygens (including phenoxy) is 1. The molecule has 0 spiro atoms. The SMILES string of the molecule is NC(=S)CC[C@H]1CN(c2ccc(N3CCN(CC(=O)Nc4ncc([N+](=O)[O-])s4)CC3)c(F)c2)C(=O)O1. The number of nitro groups is 1. The van der Waals surface area contributed by atoms with Gasteiger partial charge in [-0.05, 0) is 36.0 Å². The molecule has 0 aliphatic carbocycles. The topological polar surface area (TPSA) is 147 Å². The summed E-state index contributed by atoms with van der Waals surface area (Å²) in [4.78, 5) is 44.0. The van der Waals surface area contributed by atoms with Gasteiger partial charge in [0.1, 0.15) is 18.1 Å². The van der Waals surface area contributed by atoms with Crippen LogP contribution in [0.1, 0.15) is 12.8 Å². The average molecular weight is 538 g/mol. The second-order valence-corrected chi connectivity index (χ2v) is 9.86. The molecule has 2 fully saturated rings. The summed E-state index contributed by atoms with van der Waals surface area (Å²) in [5.41, 5.74) is 6.34. The Morgan fingerprint density at radius 1 is 1.36 bits per heavy atom. The van der Waals surface area contributed by atoms with Crippen molar-refractivity contribution in [3.63, 3.8) is 0 Å². The molecular weight excluding hydrogens is 513 g/mol. The number of halogens is 1. The average Bonchev–Trinajstić information content (AvgIpc) is 3.45. The summed E-state index contributed by atoms with van der Waals surface area (Å²) < 4.78 is 20.3. The predicted octanol–water partition coefficient (Wildman–Crippen LogP) is 2.34. The fraction of sp³-hybridized carbons (Fsp3) is 0.429. The molecular formula is C21H24FN7O5S2. The molecule has 2 aliphatic rings. The first-order valence-electron chi connectivity index (χ1n) is 11.1. The molecule has 2 aliphatic heterocycles. The lowest BCUT2D eigenvalue weighted by Crippen LogP contribution is -2.49. The number of hydrogen-bond acceptors (Lipinski definition) is 10. The van der Waals surface area contributed by atoms with Crippen LogP contribution < -0.4 is 20.9 Å². The first-order valence-corrected chi connectivity index (χ1v) is 12.4. The number of rotatable bonds is 9. The lowest BCUT2D eigenvalue weighted by molar-refractivity contribution is -0.380. The highest BCUT2D eigenvalue weighted by molar-refractivity contribution is 7.80. The highest BCUT2D eigenvalue weighted by Gasteiger charge is 2.33. The standard InChI is InChI=1S/C21H24FN7O5S2/c22-15-9-13(28-11-14(34-21(28)31)2-4-17(23)35)1-3-16(15)27-7-5-26(6-8-27)12-18(30)25-20-24-10-19(36-20)29(32)33/h1,3,9-10,14H,2,4-8,11-12H2,(H2,23,35)(H,24,25,30)/t14-/m0/s1. The molecule has 4 rings (SSSR count). The van der Waals surface area contributed by atoms with E-state index < -0.39 is 16.8 Å². The smallest absolute Gasteiger partial charge is 0.414 e. The summed E-state index contributed by atoms with van der Waals surface area (Å²) in [6, 6.07) is 4.64. The van der Waals surface area contributed by atoms with Gasteiger partial charge in [-0.25, -0.2) is 14.2 Å². The van der Waals surface area contributed by atoms with E-state index in [1.54, 1.807) is 12.1 Å². The zero-order valence-electron chi connectivity index (χ0n) is 19.1. The third-order valence-electron chi connectivity index (χ3n) is 5.83. The number of cyclic esters (lactones) is 1. The highest BCUT2D eigenvalue weighted by atomic mass is 32.1. The van der Waals surface area contributed by atoms with Gasteiger partial charge in [0.25, 0.3) is 0 Å². The lowest BCUT2D eigenvalue weighted by atomic mass is 10.1. The normalized spacial score (nSPS) is 18.2. The minimum atomic E-state index is -0.564. The molecule has 1 atom stereocenters. The van der Waals surface area contributed by atoms with Crippen LogP contribution in [0.2, 0.25) is 0 Å². The second-order valence-electron chi connectivity index (χ2n) is 8.33. The number of anilines is 3. The van der Waals surface area contributed by atoms with Crippen LogP contribution in [-0.4, -0.2) is 77.2 Å². The molecule has 0 unspecified atom stereocenters. The molecule has 3 N–H and O–H groups in total.